The maximum atomic E-state index is 13.1. The number of ether oxygens (including phenoxy) is 1. The van der Waals surface area contributed by atoms with Gasteiger partial charge in [0, 0.05) is 43.7 Å². The van der Waals surface area contributed by atoms with Gasteiger partial charge < -0.3 is 25.6 Å². The molecule has 1 saturated heterocycles. The summed E-state index contributed by atoms with van der Waals surface area (Å²) in [6, 6.07) is 13.6. The van der Waals surface area contributed by atoms with Crippen molar-refractivity contribution in [1.82, 2.24) is 4.90 Å². The van der Waals surface area contributed by atoms with Crippen molar-refractivity contribution >= 4 is 35.0 Å². The van der Waals surface area contributed by atoms with Crippen molar-refractivity contribution in [3.8, 4) is 5.75 Å². The first-order chi connectivity index (χ1) is 16.3. The highest BCUT2D eigenvalue weighted by Gasteiger charge is 2.37. The Morgan fingerprint density at radius 3 is 2.47 bits per heavy atom. The zero-order chi connectivity index (χ0) is 24.7. The number of amides is 4. The quantitative estimate of drug-likeness (QED) is 0.557. The third-order valence-electron chi connectivity index (χ3n) is 5.69. The summed E-state index contributed by atoms with van der Waals surface area (Å²) in [5.41, 5.74) is 6.77. The molecule has 1 aliphatic heterocycles. The second-order valence-electron chi connectivity index (χ2n) is 7.96. The SMILES string of the molecule is CCOc1ccccc1N1CC(C(=O)N(CC)CCC(=O)Nc2ccc(C(N)=O)cc2)CC1=O. The van der Waals surface area contributed by atoms with E-state index in [1.807, 2.05) is 32.0 Å². The van der Waals surface area contributed by atoms with Crippen LogP contribution in [0.5, 0.6) is 5.75 Å². The van der Waals surface area contributed by atoms with Gasteiger partial charge in [0.2, 0.25) is 23.6 Å². The summed E-state index contributed by atoms with van der Waals surface area (Å²) in [7, 11) is 0. The van der Waals surface area contributed by atoms with Gasteiger partial charge in [0.15, 0.2) is 0 Å². The Morgan fingerprint density at radius 1 is 1.12 bits per heavy atom. The molecule has 9 nitrogen and oxygen atoms in total. The standard InChI is InChI=1S/C25H30N4O5/c1-3-28(14-13-22(30)27-19-11-9-17(10-12-19)24(26)32)25(33)18-15-23(31)29(16-18)20-7-5-6-8-21(20)34-4-2/h5-12,18H,3-4,13-16H2,1-2H3,(H2,26,32)(H,27,30). The monoisotopic (exact) mass is 466 g/mol. The third kappa shape index (κ3) is 5.92. The van der Waals surface area contributed by atoms with Crippen LogP contribution in [0.25, 0.3) is 0 Å². The van der Waals surface area contributed by atoms with Gasteiger partial charge in [-0.1, -0.05) is 12.1 Å². The van der Waals surface area contributed by atoms with Crippen molar-refractivity contribution in [2.75, 3.05) is 36.5 Å². The molecule has 1 unspecified atom stereocenters. The van der Waals surface area contributed by atoms with Gasteiger partial charge in [-0.15, -0.1) is 0 Å². The van der Waals surface area contributed by atoms with Crippen LogP contribution < -0.4 is 20.7 Å². The normalized spacial score (nSPS) is 15.2. The van der Waals surface area contributed by atoms with Gasteiger partial charge in [0.1, 0.15) is 5.75 Å². The molecular formula is C25H30N4O5. The molecule has 9 heteroatoms. The maximum Gasteiger partial charge on any atom is 0.248 e. The van der Waals surface area contributed by atoms with Crippen LogP contribution in [-0.4, -0.2) is 54.8 Å². The second-order valence-corrected chi connectivity index (χ2v) is 7.96. The third-order valence-corrected chi connectivity index (χ3v) is 5.69. The van der Waals surface area contributed by atoms with Crippen LogP contribution in [0.4, 0.5) is 11.4 Å². The van der Waals surface area contributed by atoms with Crippen LogP contribution in [0, 0.1) is 5.92 Å². The summed E-state index contributed by atoms with van der Waals surface area (Å²) in [5.74, 6) is -0.941. The second kappa shape index (κ2) is 11.3. The molecule has 4 amide bonds. The Morgan fingerprint density at radius 2 is 1.82 bits per heavy atom. The average Bonchev–Trinajstić information content (AvgIpc) is 3.21. The molecule has 0 spiro atoms. The van der Waals surface area contributed by atoms with E-state index in [0.29, 0.717) is 35.8 Å². The number of rotatable bonds is 10. The highest BCUT2D eigenvalue weighted by molar-refractivity contribution is 6.01. The van der Waals surface area contributed by atoms with Gasteiger partial charge in [-0.2, -0.15) is 0 Å². The first-order valence-electron chi connectivity index (χ1n) is 11.3. The van der Waals surface area contributed by atoms with E-state index in [4.69, 9.17) is 10.5 Å². The fourth-order valence-electron chi connectivity index (χ4n) is 3.92. The summed E-state index contributed by atoms with van der Waals surface area (Å²) in [6.07, 6.45) is 0.225. The summed E-state index contributed by atoms with van der Waals surface area (Å²) in [6.45, 7) is 5.14. The number of nitrogens with zero attached hydrogens (tertiary/aromatic N) is 2. The summed E-state index contributed by atoms with van der Waals surface area (Å²) < 4.78 is 5.64. The topological polar surface area (TPSA) is 122 Å². The maximum absolute atomic E-state index is 13.1. The lowest BCUT2D eigenvalue weighted by Gasteiger charge is -2.24. The molecule has 1 aliphatic rings. The van der Waals surface area contributed by atoms with E-state index in [0.717, 1.165) is 0 Å². The first kappa shape index (κ1) is 24.8. The van der Waals surface area contributed by atoms with Crippen LogP contribution >= 0.6 is 0 Å². The fourth-order valence-corrected chi connectivity index (χ4v) is 3.92. The zero-order valence-corrected chi connectivity index (χ0v) is 19.5. The fraction of sp³-hybridized carbons (Fsp3) is 0.360. The highest BCUT2D eigenvalue weighted by atomic mass is 16.5. The molecule has 180 valence electrons. The Balaban J connectivity index is 1.57. The number of anilines is 2. The van der Waals surface area contributed by atoms with Crippen molar-refractivity contribution in [3.63, 3.8) is 0 Å². The van der Waals surface area contributed by atoms with Crippen molar-refractivity contribution in [1.29, 1.82) is 0 Å². The lowest BCUT2D eigenvalue weighted by atomic mass is 10.1. The van der Waals surface area contributed by atoms with E-state index in [1.54, 1.807) is 28.0 Å². The highest BCUT2D eigenvalue weighted by Crippen LogP contribution is 2.33. The molecular weight excluding hydrogens is 436 g/mol. The molecule has 0 saturated carbocycles. The summed E-state index contributed by atoms with van der Waals surface area (Å²) in [5, 5.41) is 2.74. The number of benzene rings is 2. The number of nitrogens with one attached hydrogen (secondary N) is 1. The number of para-hydroxylation sites is 2. The van der Waals surface area contributed by atoms with Crippen LogP contribution in [0.15, 0.2) is 48.5 Å². The molecule has 1 heterocycles. The number of hydrogen-bond acceptors (Lipinski definition) is 5. The number of carbonyl (C=O) groups is 4. The van der Waals surface area contributed by atoms with Gasteiger partial charge in [-0.25, -0.2) is 0 Å². The van der Waals surface area contributed by atoms with Crippen LogP contribution in [0.3, 0.4) is 0 Å². The largest absolute Gasteiger partial charge is 0.492 e. The van der Waals surface area contributed by atoms with Crippen LogP contribution in [0.2, 0.25) is 0 Å². The lowest BCUT2D eigenvalue weighted by molar-refractivity contribution is -0.136. The Hall–Kier alpha value is -3.88. The zero-order valence-electron chi connectivity index (χ0n) is 19.5. The predicted molar refractivity (Wildman–Crippen MR) is 129 cm³/mol. The van der Waals surface area contributed by atoms with E-state index in [2.05, 4.69) is 5.32 Å². The summed E-state index contributed by atoms with van der Waals surface area (Å²) in [4.78, 5) is 52.5. The lowest BCUT2D eigenvalue weighted by Crippen LogP contribution is -2.39. The minimum atomic E-state index is -0.541. The smallest absolute Gasteiger partial charge is 0.248 e. The molecule has 0 radical (unpaired) electrons. The summed E-state index contributed by atoms with van der Waals surface area (Å²) >= 11 is 0. The molecule has 2 aromatic carbocycles. The number of primary amides is 1. The Labute approximate surface area is 198 Å². The molecule has 1 fully saturated rings. The van der Waals surface area contributed by atoms with Gasteiger partial charge in [0.05, 0.1) is 18.2 Å². The van der Waals surface area contributed by atoms with E-state index >= 15 is 0 Å². The van der Waals surface area contributed by atoms with Crippen molar-refractivity contribution in [2.45, 2.75) is 26.7 Å². The number of carbonyl (C=O) groups excluding carboxylic acids is 4. The van der Waals surface area contributed by atoms with Crippen LogP contribution in [0.1, 0.15) is 37.0 Å². The van der Waals surface area contributed by atoms with Crippen LogP contribution in [-0.2, 0) is 14.4 Å². The molecule has 3 rings (SSSR count). The Kier molecular flexibility index (Phi) is 8.24. The van der Waals surface area contributed by atoms with Crippen molar-refractivity contribution in [3.05, 3.63) is 54.1 Å². The predicted octanol–water partition coefficient (Wildman–Crippen LogP) is 2.41. The molecule has 2 aromatic rings. The van der Waals surface area contributed by atoms with Gasteiger partial charge in [-0.05, 0) is 50.2 Å². The minimum absolute atomic E-state index is 0.106. The first-order valence-corrected chi connectivity index (χ1v) is 11.3. The van der Waals surface area contributed by atoms with E-state index in [9.17, 15) is 19.2 Å². The van der Waals surface area contributed by atoms with Crippen molar-refractivity contribution in [2.24, 2.45) is 11.7 Å². The molecule has 1 atom stereocenters. The minimum Gasteiger partial charge on any atom is -0.492 e. The van der Waals surface area contributed by atoms with Crippen molar-refractivity contribution < 1.29 is 23.9 Å². The molecule has 34 heavy (non-hydrogen) atoms. The van der Waals surface area contributed by atoms with Gasteiger partial charge >= 0.3 is 0 Å². The Bertz CT molecular complexity index is 1050. The van der Waals surface area contributed by atoms with E-state index in [1.165, 1.54) is 12.1 Å². The molecule has 0 bridgehead atoms. The van der Waals surface area contributed by atoms with Gasteiger partial charge in [-0.3, -0.25) is 19.2 Å². The average molecular weight is 467 g/mol. The van der Waals surface area contributed by atoms with E-state index in [-0.39, 0.29) is 43.7 Å². The molecule has 0 aliphatic carbocycles. The number of nitrogens with two attached hydrogens (primary N) is 1. The van der Waals surface area contributed by atoms with E-state index < -0.39 is 11.8 Å². The van der Waals surface area contributed by atoms with Gasteiger partial charge in [0.25, 0.3) is 0 Å². The number of hydrogen-bond donors (Lipinski definition) is 2. The molecule has 0 aromatic heterocycles. The molecule has 3 N–H and O–H groups in total.